The van der Waals surface area contributed by atoms with Gasteiger partial charge in [-0.25, -0.2) is 0 Å². The average Bonchev–Trinajstić information content (AvgIpc) is 3.15. The number of nitrogens with zero attached hydrogens (tertiary/aromatic N) is 1. The van der Waals surface area contributed by atoms with Crippen molar-refractivity contribution in [1.82, 2.24) is 4.90 Å². The zero-order valence-corrected chi connectivity index (χ0v) is 11.6. The summed E-state index contributed by atoms with van der Waals surface area (Å²) in [5, 5.41) is 10.1. The predicted octanol–water partition coefficient (Wildman–Crippen LogP) is 2.83. The van der Waals surface area contributed by atoms with E-state index in [9.17, 15) is 0 Å². The first-order chi connectivity index (χ1) is 8.72. The zero-order chi connectivity index (χ0) is 13.0. The maximum Gasteiger partial charge on any atom is 0.156 e. The van der Waals surface area contributed by atoms with Gasteiger partial charge in [0.2, 0.25) is 0 Å². The highest BCUT2D eigenvalue weighted by atomic mass is 35.5. The van der Waals surface area contributed by atoms with Crippen LogP contribution in [0.5, 0.6) is 5.75 Å². The number of hydrogen-bond donors (Lipinski definition) is 1. The normalized spacial score (nSPS) is 15.1. The molecule has 1 N–H and O–H groups in total. The molecule has 2 rings (SSSR count). The van der Waals surface area contributed by atoms with E-state index in [1.165, 1.54) is 12.8 Å². The molecule has 0 spiro atoms. The Hall–Kier alpha value is -0.480. The van der Waals surface area contributed by atoms with Gasteiger partial charge in [0.25, 0.3) is 0 Å². The molecule has 1 aromatic rings. The molecule has 0 saturated heterocycles. The monoisotopic (exact) mass is 289 g/mol. The van der Waals surface area contributed by atoms with Gasteiger partial charge in [-0.15, -0.1) is 0 Å². The minimum Gasteiger partial charge on any atom is -0.489 e. The highest BCUT2D eigenvalue weighted by Gasteiger charge is 2.28. The van der Waals surface area contributed by atoms with Gasteiger partial charge in [-0.05, 0) is 25.0 Å². The van der Waals surface area contributed by atoms with Gasteiger partial charge in [0.15, 0.2) is 5.75 Å². The molecule has 0 heterocycles. The maximum atomic E-state index is 8.99. The summed E-state index contributed by atoms with van der Waals surface area (Å²) in [6.45, 7) is 2.19. The lowest BCUT2D eigenvalue weighted by molar-refractivity contribution is 0.162. The third kappa shape index (κ3) is 3.75. The maximum absolute atomic E-state index is 8.99. The van der Waals surface area contributed by atoms with Gasteiger partial charge in [-0.2, -0.15) is 0 Å². The summed E-state index contributed by atoms with van der Waals surface area (Å²) in [6, 6.07) is 5.92. The molecule has 1 aromatic carbocycles. The lowest BCUT2D eigenvalue weighted by Gasteiger charge is -2.21. The Kier molecular flexibility index (Phi) is 5.13. The number of para-hydroxylation sites is 1. The molecule has 0 unspecified atom stereocenters. The van der Waals surface area contributed by atoms with Crippen LogP contribution in [-0.2, 0) is 0 Å². The van der Waals surface area contributed by atoms with Crippen molar-refractivity contribution in [2.45, 2.75) is 18.9 Å². The highest BCUT2D eigenvalue weighted by Crippen LogP contribution is 2.32. The van der Waals surface area contributed by atoms with Crippen LogP contribution in [0.1, 0.15) is 12.8 Å². The molecule has 1 saturated carbocycles. The summed E-state index contributed by atoms with van der Waals surface area (Å²) >= 11 is 12.0. The van der Waals surface area contributed by atoms with Gasteiger partial charge in [0.05, 0.1) is 16.7 Å². The van der Waals surface area contributed by atoms with Gasteiger partial charge in [0, 0.05) is 19.1 Å². The number of benzene rings is 1. The van der Waals surface area contributed by atoms with E-state index in [4.69, 9.17) is 33.0 Å². The lowest BCUT2D eigenvalue weighted by Crippen LogP contribution is -2.33. The van der Waals surface area contributed by atoms with E-state index in [0.29, 0.717) is 35.0 Å². The minimum atomic E-state index is 0.184. The van der Waals surface area contributed by atoms with Crippen molar-refractivity contribution in [3.05, 3.63) is 28.2 Å². The second-order valence-electron chi connectivity index (χ2n) is 4.39. The number of ether oxygens (including phenoxy) is 1. The number of aliphatic hydroxyl groups excluding tert-OH is 1. The van der Waals surface area contributed by atoms with Crippen LogP contribution in [-0.4, -0.2) is 42.4 Å². The van der Waals surface area contributed by atoms with Gasteiger partial charge >= 0.3 is 0 Å². The Morgan fingerprint density at radius 3 is 2.44 bits per heavy atom. The van der Waals surface area contributed by atoms with Crippen molar-refractivity contribution < 1.29 is 9.84 Å². The molecule has 0 aromatic heterocycles. The predicted molar refractivity (Wildman–Crippen MR) is 73.6 cm³/mol. The second-order valence-corrected chi connectivity index (χ2v) is 5.20. The van der Waals surface area contributed by atoms with Crippen molar-refractivity contribution in [3.8, 4) is 5.75 Å². The zero-order valence-electron chi connectivity index (χ0n) is 10.1. The summed E-state index contributed by atoms with van der Waals surface area (Å²) in [4.78, 5) is 2.24. The Labute approximate surface area is 117 Å². The van der Waals surface area contributed by atoms with Gasteiger partial charge in [-0.1, -0.05) is 29.3 Å². The molecule has 1 fully saturated rings. The fraction of sp³-hybridized carbons (Fsp3) is 0.538. The summed E-state index contributed by atoms with van der Waals surface area (Å²) in [5.74, 6) is 0.542. The van der Waals surface area contributed by atoms with E-state index >= 15 is 0 Å². The Bertz CT molecular complexity index is 376. The molecule has 3 nitrogen and oxygen atoms in total. The molecule has 1 aliphatic rings. The number of aliphatic hydroxyl groups is 1. The lowest BCUT2D eigenvalue weighted by atomic mass is 10.3. The topological polar surface area (TPSA) is 32.7 Å². The van der Waals surface area contributed by atoms with Gasteiger partial charge < -0.3 is 9.84 Å². The summed E-state index contributed by atoms with van der Waals surface area (Å²) in [7, 11) is 0. The fourth-order valence-corrected chi connectivity index (χ4v) is 2.44. The molecule has 100 valence electrons. The molecule has 0 aliphatic heterocycles. The third-order valence-corrected chi connectivity index (χ3v) is 3.59. The summed E-state index contributed by atoms with van der Waals surface area (Å²) < 4.78 is 5.64. The summed E-state index contributed by atoms with van der Waals surface area (Å²) in [6.07, 6.45) is 2.43. The summed E-state index contributed by atoms with van der Waals surface area (Å²) in [5.41, 5.74) is 0. The molecular weight excluding hydrogens is 273 g/mol. The first kappa shape index (κ1) is 13.9. The van der Waals surface area contributed by atoms with Crippen molar-refractivity contribution in [3.63, 3.8) is 0 Å². The average molecular weight is 290 g/mol. The van der Waals surface area contributed by atoms with Crippen LogP contribution in [0.3, 0.4) is 0 Å². The van der Waals surface area contributed by atoms with Crippen LogP contribution in [0, 0.1) is 0 Å². The Morgan fingerprint density at radius 2 is 1.89 bits per heavy atom. The van der Waals surface area contributed by atoms with Crippen LogP contribution in [0.25, 0.3) is 0 Å². The quantitative estimate of drug-likeness (QED) is 0.838. The standard InChI is InChI=1S/C13H17Cl2NO2/c14-11-2-1-3-12(15)13(11)18-9-7-16(6-8-17)10-4-5-10/h1-3,10,17H,4-9H2. The van der Waals surface area contributed by atoms with E-state index in [0.717, 1.165) is 6.54 Å². The van der Waals surface area contributed by atoms with E-state index in [1.807, 2.05) is 0 Å². The first-order valence-electron chi connectivity index (χ1n) is 6.14. The molecular formula is C13H17Cl2NO2. The van der Waals surface area contributed by atoms with E-state index < -0.39 is 0 Å². The number of hydrogen-bond acceptors (Lipinski definition) is 3. The number of halogens is 2. The second kappa shape index (κ2) is 6.62. The van der Waals surface area contributed by atoms with E-state index in [2.05, 4.69) is 4.90 Å². The van der Waals surface area contributed by atoms with E-state index in [-0.39, 0.29) is 6.61 Å². The van der Waals surface area contributed by atoms with E-state index in [1.54, 1.807) is 18.2 Å². The largest absolute Gasteiger partial charge is 0.489 e. The van der Waals surface area contributed by atoms with Crippen molar-refractivity contribution >= 4 is 23.2 Å². The Morgan fingerprint density at radius 1 is 1.22 bits per heavy atom. The molecule has 1 aliphatic carbocycles. The van der Waals surface area contributed by atoms with Crippen molar-refractivity contribution in [2.75, 3.05) is 26.3 Å². The van der Waals surface area contributed by atoms with Crippen LogP contribution >= 0.6 is 23.2 Å². The molecule has 18 heavy (non-hydrogen) atoms. The Balaban J connectivity index is 1.83. The SMILES string of the molecule is OCCN(CCOc1c(Cl)cccc1Cl)C1CC1. The molecule has 0 amide bonds. The van der Waals surface area contributed by atoms with Crippen LogP contribution in [0.4, 0.5) is 0 Å². The van der Waals surface area contributed by atoms with Crippen molar-refractivity contribution in [1.29, 1.82) is 0 Å². The fourth-order valence-electron chi connectivity index (χ4n) is 1.93. The molecule has 0 atom stereocenters. The number of rotatable bonds is 7. The highest BCUT2D eigenvalue weighted by molar-refractivity contribution is 6.37. The first-order valence-corrected chi connectivity index (χ1v) is 6.89. The minimum absolute atomic E-state index is 0.184. The van der Waals surface area contributed by atoms with Crippen LogP contribution in [0.2, 0.25) is 10.0 Å². The van der Waals surface area contributed by atoms with Gasteiger partial charge in [-0.3, -0.25) is 4.90 Å². The van der Waals surface area contributed by atoms with Crippen LogP contribution < -0.4 is 4.74 Å². The molecule has 0 bridgehead atoms. The molecule has 0 radical (unpaired) electrons. The molecule has 5 heteroatoms. The smallest absolute Gasteiger partial charge is 0.156 e. The van der Waals surface area contributed by atoms with Gasteiger partial charge in [0.1, 0.15) is 6.61 Å². The van der Waals surface area contributed by atoms with Crippen molar-refractivity contribution in [2.24, 2.45) is 0 Å². The third-order valence-electron chi connectivity index (χ3n) is 2.99. The van der Waals surface area contributed by atoms with Crippen LogP contribution in [0.15, 0.2) is 18.2 Å².